The Hall–Kier alpha value is -2.25. The number of nitrogens with zero attached hydrogens (tertiary/aromatic N) is 1. The summed E-state index contributed by atoms with van der Waals surface area (Å²) < 4.78 is 5.13. The molecular formula is C16H16N2O4S. The average Bonchev–Trinajstić information content (AvgIpc) is 3.18. The Kier molecular flexibility index (Phi) is 4.40. The summed E-state index contributed by atoms with van der Waals surface area (Å²) in [5.41, 5.74) is 0.316. The smallest absolute Gasteiger partial charge is 0.331 e. The molecular weight excluding hydrogens is 316 g/mol. The Labute approximate surface area is 137 Å². The molecule has 1 aliphatic rings. The van der Waals surface area contributed by atoms with Gasteiger partial charge in [0.25, 0.3) is 0 Å². The second kappa shape index (κ2) is 6.47. The number of carbonyl (C=O) groups is 2. The van der Waals surface area contributed by atoms with E-state index in [4.69, 9.17) is 4.74 Å². The van der Waals surface area contributed by atoms with Crippen LogP contribution in [-0.4, -0.2) is 40.7 Å². The van der Waals surface area contributed by atoms with E-state index in [1.54, 1.807) is 0 Å². The van der Waals surface area contributed by atoms with Crippen molar-refractivity contribution in [3.63, 3.8) is 0 Å². The Bertz CT molecular complexity index is 708. The molecule has 0 spiro atoms. The van der Waals surface area contributed by atoms with E-state index < -0.39 is 11.5 Å². The predicted octanol–water partition coefficient (Wildman–Crippen LogP) is 1.71. The third-order valence-corrected chi connectivity index (χ3v) is 4.66. The Balaban J connectivity index is 1.67. The molecule has 1 atom stereocenters. The first-order chi connectivity index (χ1) is 11.1. The highest BCUT2D eigenvalue weighted by Gasteiger charge is 2.43. The van der Waals surface area contributed by atoms with Crippen LogP contribution in [0.3, 0.4) is 0 Å². The van der Waals surface area contributed by atoms with Crippen LogP contribution in [0.1, 0.15) is 12.1 Å². The monoisotopic (exact) mass is 332 g/mol. The number of benzene rings is 1. The predicted molar refractivity (Wildman–Crippen MR) is 85.2 cm³/mol. The summed E-state index contributed by atoms with van der Waals surface area (Å²) in [5.74, 6) is -1.42. The summed E-state index contributed by atoms with van der Waals surface area (Å²) in [6.07, 6.45) is 0.332. The highest BCUT2D eigenvalue weighted by atomic mass is 32.1. The summed E-state index contributed by atoms with van der Waals surface area (Å²) >= 11 is 1.46. The number of ether oxygens (including phenoxy) is 1. The molecule has 1 fully saturated rings. The number of aromatic nitrogens is 1. The van der Waals surface area contributed by atoms with Crippen molar-refractivity contribution >= 4 is 23.2 Å². The molecule has 0 saturated carbocycles. The summed E-state index contributed by atoms with van der Waals surface area (Å²) in [5, 5.41) is 14.6. The number of carboxylic acids is 1. The van der Waals surface area contributed by atoms with Crippen LogP contribution >= 0.6 is 11.3 Å². The van der Waals surface area contributed by atoms with Gasteiger partial charge in [0.1, 0.15) is 5.01 Å². The number of carboxylic acid groups (broad SMARTS) is 1. The Morgan fingerprint density at radius 1 is 1.35 bits per heavy atom. The molecule has 0 radical (unpaired) electrons. The summed E-state index contributed by atoms with van der Waals surface area (Å²) in [7, 11) is 0. The molecule has 1 aromatic carbocycles. The first kappa shape index (κ1) is 15.6. The van der Waals surface area contributed by atoms with Crippen molar-refractivity contribution in [1.82, 2.24) is 10.3 Å². The van der Waals surface area contributed by atoms with Gasteiger partial charge in [-0.3, -0.25) is 4.79 Å². The van der Waals surface area contributed by atoms with E-state index in [1.165, 1.54) is 11.3 Å². The van der Waals surface area contributed by atoms with E-state index in [9.17, 15) is 14.7 Å². The van der Waals surface area contributed by atoms with Crippen LogP contribution in [0.5, 0.6) is 0 Å². The number of carbonyl (C=O) groups excluding carboxylic acids is 1. The zero-order valence-electron chi connectivity index (χ0n) is 12.3. The van der Waals surface area contributed by atoms with Crippen LogP contribution in [-0.2, 0) is 20.7 Å². The lowest BCUT2D eigenvalue weighted by molar-refractivity contribution is -0.147. The zero-order valence-corrected chi connectivity index (χ0v) is 13.1. The highest BCUT2D eigenvalue weighted by Crippen LogP contribution is 2.24. The van der Waals surface area contributed by atoms with E-state index in [0.717, 1.165) is 10.6 Å². The van der Waals surface area contributed by atoms with Crippen molar-refractivity contribution in [2.75, 3.05) is 13.2 Å². The Morgan fingerprint density at radius 3 is 2.78 bits per heavy atom. The van der Waals surface area contributed by atoms with Crippen molar-refractivity contribution in [2.45, 2.75) is 18.4 Å². The quantitative estimate of drug-likeness (QED) is 0.870. The lowest BCUT2D eigenvalue weighted by atomic mass is 9.99. The molecule has 2 N–H and O–H groups in total. The third kappa shape index (κ3) is 3.40. The Morgan fingerprint density at radius 2 is 2.13 bits per heavy atom. The number of hydrogen-bond acceptors (Lipinski definition) is 5. The molecule has 1 amide bonds. The van der Waals surface area contributed by atoms with E-state index in [2.05, 4.69) is 10.3 Å². The van der Waals surface area contributed by atoms with Crippen LogP contribution < -0.4 is 5.32 Å². The maximum absolute atomic E-state index is 12.2. The molecule has 1 aromatic heterocycles. The van der Waals surface area contributed by atoms with E-state index >= 15 is 0 Å². The second-order valence-electron chi connectivity index (χ2n) is 5.42. The van der Waals surface area contributed by atoms with Crippen LogP contribution in [0.2, 0.25) is 0 Å². The molecule has 2 aromatic rings. The van der Waals surface area contributed by atoms with Crippen molar-refractivity contribution < 1.29 is 19.4 Å². The molecule has 6 nitrogen and oxygen atoms in total. The zero-order chi connectivity index (χ0) is 16.3. The minimum atomic E-state index is -1.31. The van der Waals surface area contributed by atoms with Crippen LogP contribution in [0, 0.1) is 0 Å². The fourth-order valence-electron chi connectivity index (χ4n) is 2.46. The lowest BCUT2D eigenvalue weighted by Crippen LogP contribution is -2.55. The normalized spacial score (nSPS) is 20.3. The van der Waals surface area contributed by atoms with Gasteiger partial charge in [0.15, 0.2) is 5.54 Å². The molecule has 23 heavy (non-hydrogen) atoms. The van der Waals surface area contributed by atoms with Crippen molar-refractivity contribution in [3.8, 4) is 10.6 Å². The van der Waals surface area contributed by atoms with Gasteiger partial charge in [0.05, 0.1) is 18.7 Å². The fourth-order valence-corrected chi connectivity index (χ4v) is 3.29. The molecule has 120 valence electrons. The second-order valence-corrected chi connectivity index (χ2v) is 6.28. The molecule has 1 aliphatic heterocycles. The number of amides is 1. The van der Waals surface area contributed by atoms with Gasteiger partial charge in [0, 0.05) is 24.0 Å². The van der Waals surface area contributed by atoms with E-state index in [1.807, 2.05) is 35.7 Å². The number of aliphatic carboxylic acids is 1. The van der Waals surface area contributed by atoms with Gasteiger partial charge < -0.3 is 15.2 Å². The molecule has 0 aliphatic carbocycles. The van der Waals surface area contributed by atoms with Gasteiger partial charge in [-0.15, -0.1) is 11.3 Å². The van der Waals surface area contributed by atoms with Crippen LogP contribution in [0.15, 0.2) is 35.7 Å². The average molecular weight is 332 g/mol. The van der Waals surface area contributed by atoms with E-state index in [-0.39, 0.29) is 25.4 Å². The SMILES string of the molecule is O=C(Cc1csc(-c2ccccc2)n1)NC1(C(=O)O)CCOC1. The number of thiazole rings is 1. The molecule has 0 bridgehead atoms. The number of rotatable bonds is 5. The highest BCUT2D eigenvalue weighted by molar-refractivity contribution is 7.13. The maximum atomic E-state index is 12.2. The summed E-state index contributed by atoms with van der Waals surface area (Å²) in [6, 6.07) is 9.70. The van der Waals surface area contributed by atoms with Crippen LogP contribution in [0.4, 0.5) is 0 Å². The number of nitrogens with one attached hydrogen (secondary N) is 1. The standard InChI is InChI=1S/C16H16N2O4S/c19-13(18-16(15(20)21)6-7-22-10-16)8-12-9-23-14(17-12)11-4-2-1-3-5-11/h1-5,9H,6-8,10H2,(H,18,19)(H,20,21). The summed E-state index contributed by atoms with van der Waals surface area (Å²) in [6.45, 7) is 0.335. The maximum Gasteiger partial charge on any atom is 0.331 e. The minimum Gasteiger partial charge on any atom is -0.479 e. The van der Waals surface area contributed by atoms with Gasteiger partial charge in [0.2, 0.25) is 5.91 Å². The van der Waals surface area contributed by atoms with Crippen LogP contribution in [0.25, 0.3) is 10.6 Å². The van der Waals surface area contributed by atoms with Gasteiger partial charge in [-0.2, -0.15) is 0 Å². The summed E-state index contributed by atoms with van der Waals surface area (Å²) in [4.78, 5) is 28.0. The van der Waals surface area contributed by atoms with Gasteiger partial charge >= 0.3 is 5.97 Å². The number of hydrogen-bond donors (Lipinski definition) is 2. The fraction of sp³-hybridized carbons (Fsp3) is 0.312. The minimum absolute atomic E-state index is 0.000401. The molecule has 1 unspecified atom stereocenters. The van der Waals surface area contributed by atoms with Gasteiger partial charge in [-0.25, -0.2) is 9.78 Å². The first-order valence-corrected chi connectivity index (χ1v) is 8.09. The van der Waals surface area contributed by atoms with Gasteiger partial charge in [-0.1, -0.05) is 30.3 Å². The van der Waals surface area contributed by atoms with Crippen molar-refractivity contribution in [2.24, 2.45) is 0 Å². The molecule has 7 heteroatoms. The lowest BCUT2D eigenvalue weighted by Gasteiger charge is -2.23. The topological polar surface area (TPSA) is 88.5 Å². The first-order valence-electron chi connectivity index (χ1n) is 7.21. The molecule has 3 rings (SSSR count). The molecule has 1 saturated heterocycles. The third-order valence-electron chi connectivity index (χ3n) is 3.72. The van der Waals surface area contributed by atoms with E-state index in [0.29, 0.717) is 12.3 Å². The molecule has 2 heterocycles. The van der Waals surface area contributed by atoms with Crippen molar-refractivity contribution in [1.29, 1.82) is 0 Å². The van der Waals surface area contributed by atoms with Crippen molar-refractivity contribution in [3.05, 3.63) is 41.4 Å². The van der Waals surface area contributed by atoms with Gasteiger partial charge in [-0.05, 0) is 0 Å². The largest absolute Gasteiger partial charge is 0.479 e.